The van der Waals surface area contributed by atoms with Crippen molar-refractivity contribution in [2.45, 2.75) is 32.3 Å². The zero-order valence-corrected chi connectivity index (χ0v) is 9.89. The van der Waals surface area contributed by atoms with Gasteiger partial charge in [-0.3, -0.25) is 0 Å². The summed E-state index contributed by atoms with van der Waals surface area (Å²) in [7, 11) is 0. The Morgan fingerprint density at radius 3 is 3.12 bits per heavy atom. The number of carbonyl (C=O) groups excluding carboxylic acids is 1. The highest BCUT2D eigenvalue weighted by Crippen LogP contribution is 2.08. The molecule has 0 spiro atoms. The molecule has 1 heterocycles. The second kappa shape index (κ2) is 7.34. The Labute approximate surface area is 101 Å². The standard InChI is InChI=1S/C14H16O3/c1-3-5-7-12(4-2)17-14(15)10-9-13-8-6-11-16-13/h1,6,8-12H,4-5,7H2,2H3/b10-9+. The highest BCUT2D eigenvalue weighted by molar-refractivity contribution is 5.86. The van der Waals surface area contributed by atoms with Gasteiger partial charge >= 0.3 is 5.97 Å². The summed E-state index contributed by atoms with van der Waals surface area (Å²) >= 11 is 0. The predicted octanol–water partition coefficient (Wildman–Crippen LogP) is 3.03. The molecule has 90 valence electrons. The van der Waals surface area contributed by atoms with Crippen LogP contribution in [0.1, 0.15) is 31.9 Å². The number of carbonyl (C=O) groups is 1. The van der Waals surface area contributed by atoms with Crippen LogP contribution in [0.25, 0.3) is 6.08 Å². The highest BCUT2D eigenvalue weighted by atomic mass is 16.5. The van der Waals surface area contributed by atoms with Gasteiger partial charge in [-0.15, -0.1) is 12.3 Å². The lowest BCUT2D eigenvalue weighted by Crippen LogP contribution is -2.15. The molecule has 0 aliphatic rings. The molecule has 0 N–H and O–H groups in total. The van der Waals surface area contributed by atoms with Crippen molar-refractivity contribution in [3.05, 3.63) is 30.2 Å². The van der Waals surface area contributed by atoms with E-state index >= 15 is 0 Å². The van der Waals surface area contributed by atoms with Crippen LogP contribution in [0.4, 0.5) is 0 Å². The number of hydrogen-bond acceptors (Lipinski definition) is 3. The molecule has 17 heavy (non-hydrogen) atoms. The molecule has 0 fully saturated rings. The Hall–Kier alpha value is -1.95. The number of terminal acetylenes is 1. The van der Waals surface area contributed by atoms with Gasteiger partial charge in [0.15, 0.2) is 0 Å². The van der Waals surface area contributed by atoms with E-state index in [2.05, 4.69) is 5.92 Å². The number of esters is 1. The van der Waals surface area contributed by atoms with Crippen molar-refractivity contribution < 1.29 is 13.9 Å². The highest BCUT2D eigenvalue weighted by Gasteiger charge is 2.09. The second-order valence-electron chi connectivity index (χ2n) is 3.56. The van der Waals surface area contributed by atoms with Crippen molar-refractivity contribution in [1.29, 1.82) is 0 Å². The van der Waals surface area contributed by atoms with Gasteiger partial charge in [-0.1, -0.05) is 6.92 Å². The van der Waals surface area contributed by atoms with E-state index in [1.54, 1.807) is 24.5 Å². The quantitative estimate of drug-likeness (QED) is 0.430. The molecule has 1 rings (SSSR count). The molecular formula is C14H16O3. The van der Waals surface area contributed by atoms with E-state index in [0.717, 1.165) is 6.42 Å². The first-order valence-corrected chi connectivity index (χ1v) is 5.62. The zero-order valence-electron chi connectivity index (χ0n) is 9.89. The first kappa shape index (κ1) is 13.1. The topological polar surface area (TPSA) is 39.4 Å². The van der Waals surface area contributed by atoms with E-state index in [-0.39, 0.29) is 12.1 Å². The van der Waals surface area contributed by atoms with Gasteiger partial charge in [0.2, 0.25) is 0 Å². The van der Waals surface area contributed by atoms with Crippen molar-refractivity contribution in [2.24, 2.45) is 0 Å². The third-order valence-corrected chi connectivity index (χ3v) is 2.28. The fourth-order valence-corrected chi connectivity index (χ4v) is 1.33. The van der Waals surface area contributed by atoms with Crippen LogP contribution in [0.5, 0.6) is 0 Å². The van der Waals surface area contributed by atoms with Crippen LogP contribution >= 0.6 is 0 Å². The van der Waals surface area contributed by atoms with Crippen LogP contribution in [0.15, 0.2) is 28.9 Å². The van der Waals surface area contributed by atoms with Crippen molar-refractivity contribution in [1.82, 2.24) is 0 Å². The van der Waals surface area contributed by atoms with Crippen LogP contribution in [0.2, 0.25) is 0 Å². The van der Waals surface area contributed by atoms with Gasteiger partial charge in [0.25, 0.3) is 0 Å². The Bertz CT molecular complexity index is 396. The first-order valence-electron chi connectivity index (χ1n) is 5.62. The molecule has 1 aromatic heterocycles. The van der Waals surface area contributed by atoms with Crippen molar-refractivity contribution in [2.75, 3.05) is 0 Å². The maximum absolute atomic E-state index is 11.5. The van der Waals surface area contributed by atoms with E-state index in [0.29, 0.717) is 18.6 Å². The third-order valence-electron chi connectivity index (χ3n) is 2.28. The van der Waals surface area contributed by atoms with Gasteiger partial charge in [0.1, 0.15) is 11.9 Å². The van der Waals surface area contributed by atoms with Gasteiger partial charge < -0.3 is 9.15 Å². The Morgan fingerprint density at radius 2 is 2.53 bits per heavy atom. The van der Waals surface area contributed by atoms with E-state index in [4.69, 9.17) is 15.6 Å². The minimum atomic E-state index is -0.370. The summed E-state index contributed by atoms with van der Waals surface area (Å²) < 4.78 is 10.3. The minimum absolute atomic E-state index is 0.111. The molecule has 1 unspecified atom stereocenters. The molecule has 0 aromatic carbocycles. The number of ether oxygens (including phenoxy) is 1. The maximum atomic E-state index is 11.5. The zero-order chi connectivity index (χ0) is 12.5. The number of hydrogen-bond donors (Lipinski definition) is 0. The van der Waals surface area contributed by atoms with Crippen molar-refractivity contribution >= 4 is 12.0 Å². The van der Waals surface area contributed by atoms with Gasteiger partial charge in [0, 0.05) is 12.5 Å². The number of rotatable bonds is 6. The molecule has 0 saturated heterocycles. The lowest BCUT2D eigenvalue weighted by atomic mass is 10.1. The molecule has 0 aliphatic carbocycles. The van der Waals surface area contributed by atoms with Crippen molar-refractivity contribution in [3.63, 3.8) is 0 Å². The SMILES string of the molecule is C#CCCC(CC)OC(=O)/C=C/c1ccco1. The van der Waals surface area contributed by atoms with E-state index in [1.807, 2.05) is 6.92 Å². The van der Waals surface area contributed by atoms with Gasteiger partial charge in [-0.2, -0.15) is 0 Å². The summed E-state index contributed by atoms with van der Waals surface area (Å²) in [5, 5.41) is 0. The molecule has 0 radical (unpaired) electrons. The normalized spacial score (nSPS) is 12.2. The molecule has 3 heteroatoms. The molecular weight excluding hydrogens is 216 g/mol. The summed E-state index contributed by atoms with van der Waals surface area (Å²) in [5.74, 6) is 2.79. The summed E-state index contributed by atoms with van der Waals surface area (Å²) in [6.45, 7) is 1.96. The summed E-state index contributed by atoms with van der Waals surface area (Å²) in [6.07, 6.45) is 11.6. The van der Waals surface area contributed by atoms with Gasteiger partial charge in [-0.05, 0) is 31.1 Å². The van der Waals surface area contributed by atoms with E-state index in [9.17, 15) is 4.79 Å². The van der Waals surface area contributed by atoms with E-state index < -0.39 is 0 Å². The summed E-state index contributed by atoms with van der Waals surface area (Å²) in [4.78, 5) is 11.5. The summed E-state index contributed by atoms with van der Waals surface area (Å²) in [5.41, 5.74) is 0. The minimum Gasteiger partial charge on any atom is -0.465 e. The largest absolute Gasteiger partial charge is 0.465 e. The lowest BCUT2D eigenvalue weighted by Gasteiger charge is -2.13. The lowest BCUT2D eigenvalue weighted by molar-refractivity contribution is -0.143. The van der Waals surface area contributed by atoms with Crippen LogP contribution in [0.3, 0.4) is 0 Å². The molecule has 0 aliphatic heterocycles. The predicted molar refractivity (Wildman–Crippen MR) is 66.0 cm³/mol. The van der Waals surface area contributed by atoms with Crippen LogP contribution in [-0.2, 0) is 9.53 Å². The fraction of sp³-hybridized carbons (Fsp3) is 0.357. The Kier molecular flexibility index (Phi) is 5.67. The maximum Gasteiger partial charge on any atom is 0.331 e. The summed E-state index contributed by atoms with van der Waals surface area (Å²) in [6, 6.07) is 3.52. The molecule has 0 amide bonds. The Morgan fingerprint density at radius 1 is 1.71 bits per heavy atom. The van der Waals surface area contributed by atoms with Crippen molar-refractivity contribution in [3.8, 4) is 12.3 Å². The van der Waals surface area contributed by atoms with Crippen LogP contribution in [0, 0.1) is 12.3 Å². The molecule has 3 nitrogen and oxygen atoms in total. The number of furan rings is 1. The average molecular weight is 232 g/mol. The monoisotopic (exact) mass is 232 g/mol. The first-order chi connectivity index (χ1) is 8.26. The van der Waals surface area contributed by atoms with Gasteiger partial charge in [-0.25, -0.2) is 4.79 Å². The second-order valence-corrected chi connectivity index (χ2v) is 3.56. The van der Waals surface area contributed by atoms with Crippen LogP contribution < -0.4 is 0 Å². The fourth-order valence-electron chi connectivity index (χ4n) is 1.33. The molecule has 0 saturated carbocycles. The third kappa shape index (κ3) is 5.07. The van der Waals surface area contributed by atoms with E-state index in [1.165, 1.54) is 6.08 Å². The van der Waals surface area contributed by atoms with Crippen LogP contribution in [-0.4, -0.2) is 12.1 Å². The molecule has 1 aromatic rings. The average Bonchev–Trinajstić information content (AvgIpc) is 2.85. The van der Waals surface area contributed by atoms with Gasteiger partial charge in [0.05, 0.1) is 6.26 Å². The molecule has 1 atom stereocenters. The smallest absolute Gasteiger partial charge is 0.331 e. The Balaban J connectivity index is 2.40. The molecule has 0 bridgehead atoms.